The highest BCUT2D eigenvalue weighted by Gasteiger charge is 2.26. The van der Waals surface area contributed by atoms with Crippen LogP contribution in [0.5, 0.6) is 5.75 Å². The van der Waals surface area contributed by atoms with E-state index in [-0.39, 0.29) is 5.91 Å². The van der Waals surface area contributed by atoms with E-state index in [0.29, 0.717) is 13.2 Å². The summed E-state index contributed by atoms with van der Waals surface area (Å²) in [4.78, 5) is 17.1. The van der Waals surface area contributed by atoms with Crippen LogP contribution in [0.1, 0.15) is 32.6 Å². The van der Waals surface area contributed by atoms with E-state index in [1.807, 2.05) is 31.2 Å². The van der Waals surface area contributed by atoms with Gasteiger partial charge in [-0.25, -0.2) is 0 Å². The molecule has 0 bridgehead atoms. The Hall–Kier alpha value is -1.59. The number of anilines is 1. The monoisotopic (exact) mass is 331 g/mol. The maximum absolute atomic E-state index is 12.2. The molecule has 1 heterocycles. The highest BCUT2D eigenvalue weighted by Crippen LogP contribution is 2.24. The number of hydrogen-bond donors (Lipinski definition) is 1. The summed E-state index contributed by atoms with van der Waals surface area (Å²) in [6.07, 6.45) is 5.49. The van der Waals surface area contributed by atoms with Crippen molar-refractivity contribution in [2.75, 3.05) is 44.6 Å². The van der Waals surface area contributed by atoms with Gasteiger partial charge in [-0.3, -0.25) is 14.6 Å². The molecule has 1 aromatic rings. The van der Waals surface area contributed by atoms with Crippen LogP contribution in [0.25, 0.3) is 0 Å². The van der Waals surface area contributed by atoms with E-state index in [4.69, 9.17) is 4.74 Å². The number of piperazine rings is 1. The Morgan fingerprint density at radius 1 is 1.12 bits per heavy atom. The van der Waals surface area contributed by atoms with Crippen LogP contribution in [-0.4, -0.2) is 61.1 Å². The predicted octanol–water partition coefficient (Wildman–Crippen LogP) is 2.58. The topological polar surface area (TPSA) is 44.8 Å². The number of hydrogen-bond acceptors (Lipinski definition) is 4. The van der Waals surface area contributed by atoms with Crippen molar-refractivity contribution in [3.8, 4) is 5.75 Å². The number of carbonyl (C=O) groups is 1. The molecule has 0 spiro atoms. The van der Waals surface area contributed by atoms with Crippen molar-refractivity contribution in [3.05, 3.63) is 24.3 Å². The zero-order chi connectivity index (χ0) is 16.8. The van der Waals surface area contributed by atoms with Gasteiger partial charge in [-0.1, -0.05) is 12.8 Å². The summed E-state index contributed by atoms with van der Waals surface area (Å²) in [6, 6.07) is 8.35. The minimum atomic E-state index is 0.0634. The minimum Gasteiger partial charge on any atom is -0.494 e. The molecule has 1 aromatic carbocycles. The first-order chi connectivity index (χ1) is 11.7. The third-order valence-electron chi connectivity index (χ3n) is 5.06. The Morgan fingerprint density at radius 3 is 2.42 bits per heavy atom. The number of nitrogens with one attached hydrogen (secondary N) is 1. The van der Waals surface area contributed by atoms with E-state index in [2.05, 4.69) is 15.1 Å². The van der Waals surface area contributed by atoms with Crippen LogP contribution >= 0.6 is 0 Å². The lowest BCUT2D eigenvalue weighted by atomic mass is 10.2. The summed E-state index contributed by atoms with van der Waals surface area (Å²) < 4.78 is 5.41. The summed E-state index contributed by atoms with van der Waals surface area (Å²) in [7, 11) is 0. The molecule has 1 N–H and O–H groups in total. The molecule has 0 aromatic heterocycles. The van der Waals surface area contributed by atoms with Crippen molar-refractivity contribution in [1.29, 1.82) is 0 Å². The van der Waals surface area contributed by atoms with E-state index in [1.54, 1.807) is 0 Å². The normalized spacial score (nSPS) is 20.2. The molecule has 1 aliphatic carbocycles. The molecule has 5 heteroatoms. The molecule has 1 aliphatic heterocycles. The van der Waals surface area contributed by atoms with E-state index in [1.165, 1.54) is 25.7 Å². The van der Waals surface area contributed by atoms with Crippen LogP contribution in [0.4, 0.5) is 5.69 Å². The Morgan fingerprint density at radius 2 is 1.79 bits per heavy atom. The lowest BCUT2D eigenvalue weighted by Crippen LogP contribution is -2.51. The van der Waals surface area contributed by atoms with Crippen molar-refractivity contribution < 1.29 is 9.53 Å². The van der Waals surface area contributed by atoms with Gasteiger partial charge in [0.05, 0.1) is 13.2 Å². The fraction of sp³-hybridized carbons (Fsp3) is 0.632. The van der Waals surface area contributed by atoms with E-state index < -0.39 is 0 Å². The van der Waals surface area contributed by atoms with Gasteiger partial charge >= 0.3 is 0 Å². The molecule has 1 amide bonds. The zero-order valence-corrected chi connectivity index (χ0v) is 14.7. The fourth-order valence-electron chi connectivity index (χ4n) is 3.76. The summed E-state index contributed by atoms with van der Waals surface area (Å²) in [5.41, 5.74) is 0.827. The molecule has 0 atom stereocenters. The second-order valence-corrected chi connectivity index (χ2v) is 6.76. The van der Waals surface area contributed by atoms with Gasteiger partial charge in [0.15, 0.2) is 0 Å². The molecule has 2 fully saturated rings. The quantitative estimate of drug-likeness (QED) is 0.870. The van der Waals surface area contributed by atoms with Crippen LogP contribution in [-0.2, 0) is 4.79 Å². The molecule has 0 radical (unpaired) electrons. The van der Waals surface area contributed by atoms with Crippen molar-refractivity contribution in [3.63, 3.8) is 0 Å². The zero-order valence-electron chi connectivity index (χ0n) is 14.7. The van der Waals surface area contributed by atoms with Gasteiger partial charge in [-0.2, -0.15) is 0 Å². The summed E-state index contributed by atoms with van der Waals surface area (Å²) >= 11 is 0. The average molecular weight is 331 g/mol. The van der Waals surface area contributed by atoms with Gasteiger partial charge < -0.3 is 10.1 Å². The lowest BCUT2D eigenvalue weighted by molar-refractivity contribution is -0.117. The Bertz CT molecular complexity index is 518. The maximum Gasteiger partial charge on any atom is 0.238 e. The van der Waals surface area contributed by atoms with Gasteiger partial charge in [-0.05, 0) is 44.0 Å². The van der Waals surface area contributed by atoms with Crippen LogP contribution in [0.15, 0.2) is 24.3 Å². The van der Waals surface area contributed by atoms with Crippen LogP contribution in [0, 0.1) is 0 Å². The van der Waals surface area contributed by atoms with Crippen molar-refractivity contribution in [1.82, 2.24) is 9.80 Å². The van der Waals surface area contributed by atoms with Crippen molar-refractivity contribution in [2.45, 2.75) is 38.6 Å². The SMILES string of the molecule is CCOc1ccc(NC(=O)CN2CCN(C3CCCC3)CC2)cc1. The first kappa shape index (κ1) is 17.2. The van der Waals surface area contributed by atoms with Gasteiger partial charge in [0.25, 0.3) is 0 Å². The Kier molecular flexibility index (Phi) is 6.10. The minimum absolute atomic E-state index is 0.0634. The van der Waals surface area contributed by atoms with Crippen LogP contribution < -0.4 is 10.1 Å². The Labute approximate surface area is 145 Å². The molecule has 1 saturated heterocycles. The standard InChI is InChI=1S/C19H29N3O2/c1-2-24-18-9-7-16(8-10-18)20-19(23)15-21-11-13-22(14-12-21)17-5-3-4-6-17/h7-10,17H,2-6,11-15H2,1H3,(H,20,23). The van der Waals surface area contributed by atoms with Gasteiger partial charge in [0, 0.05) is 37.9 Å². The summed E-state index contributed by atoms with van der Waals surface area (Å²) in [6.45, 7) is 7.27. The third-order valence-corrected chi connectivity index (χ3v) is 5.06. The predicted molar refractivity (Wildman–Crippen MR) is 96.5 cm³/mol. The van der Waals surface area contributed by atoms with Crippen molar-refractivity contribution in [2.24, 2.45) is 0 Å². The number of benzene rings is 1. The first-order valence-corrected chi connectivity index (χ1v) is 9.23. The molecular formula is C19H29N3O2. The summed E-state index contributed by atoms with van der Waals surface area (Å²) in [5.74, 6) is 0.895. The highest BCUT2D eigenvalue weighted by molar-refractivity contribution is 5.92. The molecule has 0 unspecified atom stereocenters. The molecular weight excluding hydrogens is 302 g/mol. The second kappa shape index (κ2) is 8.49. The number of ether oxygens (including phenoxy) is 1. The van der Waals surface area contributed by atoms with Crippen LogP contribution in [0.2, 0.25) is 0 Å². The van der Waals surface area contributed by atoms with Gasteiger partial charge in [0.1, 0.15) is 5.75 Å². The van der Waals surface area contributed by atoms with E-state index >= 15 is 0 Å². The maximum atomic E-state index is 12.2. The smallest absolute Gasteiger partial charge is 0.238 e. The van der Waals surface area contributed by atoms with Crippen LogP contribution in [0.3, 0.4) is 0 Å². The fourth-order valence-corrected chi connectivity index (χ4v) is 3.76. The molecule has 24 heavy (non-hydrogen) atoms. The number of nitrogens with zero attached hydrogens (tertiary/aromatic N) is 2. The number of rotatable bonds is 6. The molecule has 5 nitrogen and oxygen atoms in total. The van der Waals surface area contributed by atoms with Gasteiger partial charge in [0.2, 0.25) is 5.91 Å². The molecule has 132 valence electrons. The highest BCUT2D eigenvalue weighted by atomic mass is 16.5. The van der Waals surface area contributed by atoms with E-state index in [0.717, 1.165) is 43.7 Å². The first-order valence-electron chi connectivity index (χ1n) is 9.23. The van der Waals surface area contributed by atoms with Gasteiger partial charge in [-0.15, -0.1) is 0 Å². The molecule has 2 aliphatic rings. The second-order valence-electron chi connectivity index (χ2n) is 6.76. The summed E-state index contributed by atoms with van der Waals surface area (Å²) in [5, 5.41) is 2.98. The molecule has 3 rings (SSSR count). The average Bonchev–Trinajstić information content (AvgIpc) is 3.12. The largest absolute Gasteiger partial charge is 0.494 e. The van der Waals surface area contributed by atoms with Crippen molar-refractivity contribution >= 4 is 11.6 Å². The lowest BCUT2D eigenvalue weighted by Gasteiger charge is -2.37. The number of amides is 1. The Balaban J connectivity index is 1.40. The molecule has 1 saturated carbocycles. The van der Waals surface area contributed by atoms with E-state index in [9.17, 15) is 4.79 Å². The number of carbonyl (C=O) groups excluding carboxylic acids is 1. The third kappa shape index (κ3) is 4.71.